The van der Waals surface area contributed by atoms with E-state index < -0.39 is 0 Å². The molecule has 0 spiro atoms. The smallest absolute Gasteiger partial charge is 0.241 e. The van der Waals surface area contributed by atoms with Crippen molar-refractivity contribution in [3.05, 3.63) is 12.3 Å². The molecule has 4 nitrogen and oxygen atoms in total. The summed E-state index contributed by atoms with van der Waals surface area (Å²) in [5, 5.41) is 3.97. The van der Waals surface area contributed by atoms with Gasteiger partial charge in [-0.05, 0) is 13.0 Å². The topological polar surface area (TPSA) is 31.2 Å². The van der Waals surface area contributed by atoms with Crippen LogP contribution >= 0.6 is 0 Å². The van der Waals surface area contributed by atoms with Crippen molar-refractivity contribution < 1.29 is 0 Å². The first-order chi connectivity index (χ1) is 6.29. The molecule has 0 saturated heterocycles. The summed E-state index contributed by atoms with van der Waals surface area (Å²) in [5.41, 5.74) is 0. The summed E-state index contributed by atoms with van der Waals surface area (Å²) in [6, 6.07) is 0. The first kappa shape index (κ1) is 9.92. The van der Waals surface area contributed by atoms with E-state index in [0.29, 0.717) is 0 Å². The molecule has 0 aromatic rings. The molecular formula is C9H16N4. The first-order valence-electron chi connectivity index (χ1n) is 4.59. The van der Waals surface area contributed by atoms with Crippen LogP contribution in [-0.4, -0.2) is 35.4 Å². The standard InChI is InChI=1S/C7H10N4.C2H6/c1-6-9-7-8-4-3-5-11(7)10(6)2;1-2/h3-6H,1-2H3;1-2H3. The molecule has 2 aliphatic rings. The molecule has 0 aliphatic carbocycles. The van der Waals surface area contributed by atoms with Gasteiger partial charge in [0, 0.05) is 19.5 Å². The quantitative estimate of drug-likeness (QED) is 0.565. The molecule has 0 bridgehead atoms. The van der Waals surface area contributed by atoms with Gasteiger partial charge < -0.3 is 0 Å². The molecule has 13 heavy (non-hydrogen) atoms. The van der Waals surface area contributed by atoms with Crippen LogP contribution < -0.4 is 0 Å². The van der Waals surface area contributed by atoms with Gasteiger partial charge in [-0.1, -0.05) is 13.8 Å². The van der Waals surface area contributed by atoms with Gasteiger partial charge in [-0.25, -0.2) is 15.0 Å². The maximum absolute atomic E-state index is 4.31. The SMILES string of the molecule is CC.CC1N=C2N=CC=CN2N1C. The Morgan fingerprint density at radius 3 is 2.69 bits per heavy atom. The summed E-state index contributed by atoms with van der Waals surface area (Å²) in [7, 11) is 1.99. The number of rotatable bonds is 0. The lowest BCUT2D eigenvalue weighted by Crippen LogP contribution is -2.37. The van der Waals surface area contributed by atoms with Gasteiger partial charge in [0.1, 0.15) is 6.17 Å². The number of guanidine groups is 1. The van der Waals surface area contributed by atoms with Gasteiger partial charge >= 0.3 is 0 Å². The van der Waals surface area contributed by atoms with Gasteiger partial charge in [-0.2, -0.15) is 5.01 Å². The molecule has 2 aliphatic heterocycles. The van der Waals surface area contributed by atoms with Crippen LogP contribution in [0.1, 0.15) is 20.8 Å². The Morgan fingerprint density at radius 1 is 1.38 bits per heavy atom. The average molecular weight is 180 g/mol. The fourth-order valence-electron chi connectivity index (χ4n) is 1.12. The Kier molecular flexibility index (Phi) is 3.19. The fourth-order valence-corrected chi connectivity index (χ4v) is 1.12. The third-order valence-corrected chi connectivity index (χ3v) is 1.89. The summed E-state index contributed by atoms with van der Waals surface area (Å²) in [5.74, 6) is 0.780. The summed E-state index contributed by atoms with van der Waals surface area (Å²) >= 11 is 0. The minimum Gasteiger partial charge on any atom is -0.247 e. The summed E-state index contributed by atoms with van der Waals surface area (Å²) in [4.78, 5) is 8.43. The highest BCUT2D eigenvalue weighted by molar-refractivity contribution is 5.94. The molecule has 72 valence electrons. The zero-order valence-electron chi connectivity index (χ0n) is 8.60. The maximum Gasteiger partial charge on any atom is 0.241 e. The number of fused-ring (bicyclic) bond motifs is 1. The average Bonchev–Trinajstić information content (AvgIpc) is 2.47. The van der Waals surface area contributed by atoms with Crippen LogP contribution in [0.4, 0.5) is 0 Å². The lowest BCUT2D eigenvalue weighted by molar-refractivity contribution is 0.111. The zero-order valence-corrected chi connectivity index (χ0v) is 8.60. The molecule has 0 radical (unpaired) electrons. The monoisotopic (exact) mass is 180 g/mol. The van der Waals surface area contributed by atoms with Crippen LogP contribution in [0.3, 0.4) is 0 Å². The molecule has 2 heterocycles. The number of allylic oxidation sites excluding steroid dienone is 1. The van der Waals surface area contributed by atoms with Crippen LogP contribution in [0, 0.1) is 0 Å². The number of nitrogens with zero attached hydrogens (tertiary/aromatic N) is 4. The highest BCUT2D eigenvalue weighted by Crippen LogP contribution is 2.15. The predicted molar refractivity (Wildman–Crippen MR) is 55.5 cm³/mol. The van der Waals surface area contributed by atoms with Crippen LogP contribution in [0.5, 0.6) is 0 Å². The molecule has 1 atom stereocenters. The highest BCUT2D eigenvalue weighted by atomic mass is 15.7. The van der Waals surface area contributed by atoms with Crippen molar-refractivity contribution in [2.75, 3.05) is 7.05 Å². The minimum atomic E-state index is 0.199. The van der Waals surface area contributed by atoms with Gasteiger partial charge in [0.15, 0.2) is 0 Å². The normalized spacial score (nSPS) is 25.1. The summed E-state index contributed by atoms with van der Waals surface area (Å²) < 4.78 is 0. The highest BCUT2D eigenvalue weighted by Gasteiger charge is 2.26. The first-order valence-corrected chi connectivity index (χ1v) is 4.59. The maximum atomic E-state index is 4.31. The van der Waals surface area contributed by atoms with Crippen molar-refractivity contribution >= 4 is 12.2 Å². The lowest BCUT2D eigenvalue weighted by atomic mass is 10.6. The molecule has 0 saturated carbocycles. The van der Waals surface area contributed by atoms with Crippen molar-refractivity contribution in [3.8, 4) is 0 Å². The molecule has 0 amide bonds. The Labute approximate surface area is 79.2 Å². The number of hydrogen-bond acceptors (Lipinski definition) is 4. The van der Waals surface area contributed by atoms with Gasteiger partial charge in [0.2, 0.25) is 5.96 Å². The Hall–Kier alpha value is -1.16. The van der Waals surface area contributed by atoms with Crippen molar-refractivity contribution in [3.63, 3.8) is 0 Å². The van der Waals surface area contributed by atoms with E-state index in [-0.39, 0.29) is 6.17 Å². The summed E-state index contributed by atoms with van der Waals surface area (Å²) in [6.07, 6.45) is 5.80. The van der Waals surface area contributed by atoms with Gasteiger partial charge in [0.05, 0.1) is 0 Å². The second-order valence-corrected chi connectivity index (χ2v) is 2.60. The Balaban J connectivity index is 0.000000396. The van der Waals surface area contributed by atoms with Crippen molar-refractivity contribution in [2.24, 2.45) is 9.98 Å². The van der Waals surface area contributed by atoms with Gasteiger partial charge in [-0.15, -0.1) is 0 Å². The summed E-state index contributed by atoms with van der Waals surface area (Å²) in [6.45, 7) is 6.04. The molecule has 2 rings (SSSR count). The third kappa shape index (κ3) is 1.78. The van der Waals surface area contributed by atoms with E-state index in [1.807, 2.05) is 50.1 Å². The molecule has 4 heteroatoms. The van der Waals surface area contributed by atoms with Gasteiger partial charge in [0.25, 0.3) is 0 Å². The molecule has 0 fully saturated rings. The third-order valence-electron chi connectivity index (χ3n) is 1.89. The predicted octanol–water partition coefficient (Wildman–Crippen LogP) is 1.48. The molecule has 1 unspecified atom stereocenters. The Bertz CT molecular complexity index is 254. The zero-order chi connectivity index (χ0) is 9.84. The van der Waals surface area contributed by atoms with Crippen LogP contribution in [-0.2, 0) is 0 Å². The fraction of sp³-hybridized carbons (Fsp3) is 0.556. The van der Waals surface area contributed by atoms with Crippen LogP contribution in [0.15, 0.2) is 22.3 Å². The lowest BCUT2D eigenvalue weighted by Gasteiger charge is -2.24. The van der Waals surface area contributed by atoms with Crippen molar-refractivity contribution in [2.45, 2.75) is 26.9 Å². The van der Waals surface area contributed by atoms with E-state index in [1.54, 1.807) is 6.21 Å². The van der Waals surface area contributed by atoms with Gasteiger partial charge in [-0.3, -0.25) is 0 Å². The number of aliphatic imine (C=N–C) groups is 2. The van der Waals surface area contributed by atoms with E-state index in [1.165, 1.54) is 0 Å². The second kappa shape index (κ2) is 4.18. The van der Waals surface area contributed by atoms with Crippen LogP contribution in [0.25, 0.3) is 0 Å². The van der Waals surface area contributed by atoms with E-state index in [2.05, 4.69) is 9.98 Å². The molecule has 0 aromatic carbocycles. The Morgan fingerprint density at radius 2 is 2.08 bits per heavy atom. The largest absolute Gasteiger partial charge is 0.247 e. The van der Waals surface area contributed by atoms with Crippen molar-refractivity contribution in [1.82, 2.24) is 10.0 Å². The molecule has 0 N–H and O–H groups in total. The number of hydrogen-bond donors (Lipinski definition) is 0. The number of hydrazine groups is 1. The van der Waals surface area contributed by atoms with E-state index in [4.69, 9.17) is 0 Å². The molecular weight excluding hydrogens is 164 g/mol. The van der Waals surface area contributed by atoms with E-state index >= 15 is 0 Å². The van der Waals surface area contributed by atoms with E-state index in [0.717, 1.165) is 5.96 Å². The molecule has 0 aromatic heterocycles. The minimum absolute atomic E-state index is 0.199. The van der Waals surface area contributed by atoms with E-state index in [9.17, 15) is 0 Å². The van der Waals surface area contributed by atoms with Crippen LogP contribution in [0.2, 0.25) is 0 Å². The van der Waals surface area contributed by atoms with Crippen molar-refractivity contribution in [1.29, 1.82) is 0 Å². The second-order valence-electron chi connectivity index (χ2n) is 2.60.